The molecule has 2 rings (SSSR count). The highest BCUT2D eigenvalue weighted by Crippen LogP contribution is 2.24. The van der Waals surface area contributed by atoms with Gasteiger partial charge in [0.25, 0.3) is 5.91 Å². The number of hydrogen-bond donors (Lipinski definition) is 3. The number of nitrogens with two attached hydrogens (primary N) is 2. The Hall–Kier alpha value is -2.08. The van der Waals surface area contributed by atoms with Crippen LogP contribution in [0.3, 0.4) is 0 Å². The number of amides is 1. The Labute approximate surface area is 109 Å². The van der Waals surface area contributed by atoms with E-state index in [1.165, 1.54) is 0 Å². The molecule has 0 aliphatic carbocycles. The van der Waals surface area contributed by atoms with Crippen molar-refractivity contribution in [2.75, 3.05) is 11.1 Å². The Kier molecular flexibility index (Phi) is 3.47. The predicted molar refractivity (Wildman–Crippen MR) is 73.5 cm³/mol. The zero-order chi connectivity index (χ0) is 13.1. The Morgan fingerprint density at radius 1 is 1.50 bits per heavy atom. The summed E-state index contributed by atoms with van der Waals surface area (Å²) < 4.78 is 0. The molecule has 6 heteroatoms. The van der Waals surface area contributed by atoms with Gasteiger partial charge in [-0.15, -0.1) is 11.3 Å². The lowest BCUT2D eigenvalue weighted by molar-refractivity contribution is 0.100. The number of primary amides is 1. The molecule has 0 radical (unpaired) electrons. The van der Waals surface area contributed by atoms with E-state index in [0.717, 1.165) is 10.7 Å². The van der Waals surface area contributed by atoms with Crippen molar-refractivity contribution in [1.82, 2.24) is 4.98 Å². The average Bonchev–Trinajstić information content (AvgIpc) is 2.73. The molecule has 0 bridgehead atoms. The number of carbonyl (C=O) groups is 1. The summed E-state index contributed by atoms with van der Waals surface area (Å²) in [6.07, 6.45) is 0. The number of anilines is 2. The maximum Gasteiger partial charge on any atom is 0.250 e. The molecule has 1 heterocycles. The topological polar surface area (TPSA) is 94.0 Å². The molecule has 0 saturated carbocycles. The predicted octanol–water partition coefficient (Wildman–Crippen LogP) is 1.74. The van der Waals surface area contributed by atoms with E-state index < -0.39 is 5.91 Å². The van der Waals surface area contributed by atoms with Crippen LogP contribution >= 0.6 is 11.3 Å². The highest BCUT2D eigenvalue weighted by atomic mass is 32.1. The molecule has 18 heavy (non-hydrogen) atoms. The van der Waals surface area contributed by atoms with Crippen LogP contribution in [0.2, 0.25) is 0 Å². The summed E-state index contributed by atoms with van der Waals surface area (Å²) in [7, 11) is 0. The van der Waals surface area contributed by atoms with Gasteiger partial charge in [0.1, 0.15) is 5.01 Å². The molecule has 0 spiro atoms. The SMILES string of the molecule is Cc1csc(CNc2c(N)cccc2C(N)=O)n1. The molecule has 94 valence electrons. The van der Waals surface area contributed by atoms with E-state index in [-0.39, 0.29) is 0 Å². The number of carbonyl (C=O) groups excluding carboxylic acids is 1. The molecule has 0 unspecified atom stereocenters. The fourth-order valence-electron chi connectivity index (χ4n) is 1.62. The molecule has 0 saturated heterocycles. The zero-order valence-corrected chi connectivity index (χ0v) is 10.8. The van der Waals surface area contributed by atoms with Crippen LogP contribution in [-0.2, 0) is 6.54 Å². The first kappa shape index (κ1) is 12.4. The van der Waals surface area contributed by atoms with Crippen LogP contribution in [0.1, 0.15) is 21.1 Å². The summed E-state index contributed by atoms with van der Waals surface area (Å²) in [4.78, 5) is 15.6. The second-order valence-electron chi connectivity index (χ2n) is 3.87. The number of nitrogen functional groups attached to an aromatic ring is 1. The van der Waals surface area contributed by atoms with Crippen LogP contribution in [-0.4, -0.2) is 10.9 Å². The number of para-hydroxylation sites is 1. The quantitative estimate of drug-likeness (QED) is 0.731. The van der Waals surface area contributed by atoms with Crippen molar-refractivity contribution in [3.8, 4) is 0 Å². The molecule has 0 aliphatic heterocycles. The smallest absolute Gasteiger partial charge is 0.250 e. The van der Waals surface area contributed by atoms with Crippen molar-refractivity contribution >= 4 is 28.6 Å². The maximum absolute atomic E-state index is 11.3. The van der Waals surface area contributed by atoms with E-state index in [0.29, 0.717) is 23.5 Å². The van der Waals surface area contributed by atoms with Gasteiger partial charge in [-0.1, -0.05) is 6.07 Å². The fourth-order valence-corrected chi connectivity index (χ4v) is 2.33. The molecule has 1 aromatic heterocycles. The number of rotatable bonds is 4. The largest absolute Gasteiger partial charge is 0.397 e. The van der Waals surface area contributed by atoms with Gasteiger partial charge in [0.05, 0.1) is 23.5 Å². The normalized spacial score (nSPS) is 10.3. The van der Waals surface area contributed by atoms with Crippen molar-refractivity contribution in [1.29, 1.82) is 0 Å². The van der Waals surface area contributed by atoms with Gasteiger partial charge in [0, 0.05) is 11.1 Å². The van der Waals surface area contributed by atoms with Crippen molar-refractivity contribution in [3.63, 3.8) is 0 Å². The molecular weight excluding hydrogens is 248 g/mol. The first-order valence-corrected chi connectivity index (χ1v) is 6.29. The highest BCUT2D eigenvalue weighted by Gasteiger charge is 2.11. The third-order valence-corrected chi connectivity index (χ3v) is 3.41. The van der Waals surface area contributed by atoms with Crippen LogP contribution in [0.5, 0.6) is 0 Å². The van der Waals surface area contributed by atoms with E-state index in [4.69, 9.17) is 11.5 Å². The number of benzene rings is 1. The first-order chi connectivity index (χ1) is 8.58. The lowest BCUT2D eigenvalue weighted by Crippen LogP contribution is -2.15. The van der Waals surface area contributed by atoms with Gasteiger partial charge < -0.3 is 16.8 Å². The van der Waals surface area contributed by atoms with Gasteiger partial charge in [-0.05, 0) is 19.1 Å². The third-order valence-electron chi connectivity index (χ3n) is 2.45. The number of nitrogens with one attached hydrogen (secondary N) is 1. The highest BCUT2D eigenvalue weighted by molar-refractivity contribution is 7.09. The average molecular weight is 262 g/mol. The second kappa shape index (κ2) is 5.05. The summed E-state index contributed by atoms with van der Waals surface area (Å²) in [5, 5.41) is 6.02. The Bertz CT molecular complexity index is 579. The first-order valence-electron chi connectivity index (χ1n) is 5.41. The molecule has 0 aliphatic rings. The van der Waals surface area contributed by atoms with Crippen LogP contribution in [0.15, 0.2) is 23.6 Å². The summed E-state index contributed by atoms with van der Waals surface area (Å²) in [6, 6.07) is 5.07. The van der Waals surface area contributed by atoms with Crippen LogP contribution in [0.25, 0.3) is 0 Å². The zero-order valence-electron chi connectivity index (χ0n) is 9.93. The minimum absolute atomic E-state index is 0.392. The Balaban J connectivity index is 2.20. The summed E-state index contributed by atoms with van der Waals surface area (Å²) in [5.41, 5.74) is 13.6. The van der Waals surface area contributed by atoms with E-state index >= 15 is 0 Å². The third kappa shape index (κ3) is 2.60. The monoisotopic (exact) mass is 262 g/mol. The van der Waals surface area contributed by atoms with Gasteiger partial charge in [0.15, 0.2) is 0 Å². The fraction of sp³-hybridized carbons (Fsp3) is 0.167. The number of aryl methyl sites for hydroxylation is 1. The number of thiazole rings is 1. The van der Waals surface area contributed by atoms with E-state index in [1.54, 1.807) is 29.5 Å². The molecule has 2 aromatic rings. The van der Waals surface area contributed by atoms with Crippen LogP contribution in [0.4, 0.5) is 11.4 Å². The molecule has 5 N–H and O–H groups in total. The molecule has 5 nitrogen and oxygen atoms in total. The number of aromatic nitrogens is 1. The minimum atomic E-state index is -0.500. The Morgan fingerprint density at radius 2 is 2.28 bits per heavy atom. The van der Waals surface area contributed by atoms with Crippen LogP contribution < -0.4 is 16.8 Å². The molecule has 1 aromatic carbocycles. The Morgan fingerprint density at radius 3 is 2.89 bits per heavy atom. The lowest BCUT2D eigenvalue weighted by Gasteiger charge is -2.11. The molecular formula is C12H14N4OS. The minimum Gasteiger partial charge on any atom is -0.397 e. The van der Waals surface area contributed by atoms with Crippen molar-refractivity contribution < 1.29 is 4.79 Å². The molecule has 0 atom stereocenters. The number of nitrogens with zero attached hydrogens (tertiary/aromatic N) is 1. The van der Waals surface area contributed by atoms with Gasteiger partial charge in [-0.3, -0.25) is 4.79 Å². The lowest BCUT2D eigenvalue weighted by atomic mass is 10.1. The van der Waals surface area contributed by atoms with E-state index in [2.05, 4.69) is 10.3 Å². The summed E-state index contributed by atoms with van der Waals surface area (Å²) >= 11 is 1.56. The van der Waals surface area contributed by atoms with E-state index in [9.17, 15) is 4.79 Å². The van der Waals surface area contributed by atoms with Crippen molar-refractivity contribution in [2.45, 2.75) is 13.5 Å². The van der Waals surface area contributed by atoms with Gasteiger partial charge in [-0.25, -0.2) is 4.98 Å². The number of hydrogen-bond acceptors (Lipinski definition) is 5. The van der Waals surface area contributed by atoms with E-state index in [1.807, 2.05) is 12.3 Å². The van der Waals surface area contributed by atoms with Crippen molar-refractivity contribution in [2.24, 2.45) is 5.73 Å². The molecule has 1 amide bonds. The van der Waals surface area contributed by atoms with Gasteiger partial charge in [0.2, 0.25) is 0 Å². The van der Waals surface area contributed by atoms with Gasteiger partial charge in [-0.2, -0.15) is 0 Å². The summed E-state index contributed by atoms with van der Waals surface area (Å²) in [6.45, 7) is 2.46. The summed E-state index contributed by atoms with van der Waals surface area (Å²) in [5.74, 6) is -0.500. The second-order valence-corrected chi connectivity index (χ2v) is 4.81. The standard InChI is InChI=1S/C12H14N4OS/c1-7-6-18-10(16-7)5-15-11-8(12(14)17)3-2-4-9(11)13/h2-4,6,15H,5,13H2,1H3,(H2,14,17). The maximum atomic E-state index is 11.3. The molecule has 0 fully saturated rings. The van der Waals surface area contributed by atoms with Crippen molar-refractivity contribution in [3.05, 3.63) is 39.8 Å². The van der Waals surface area contributed by atoms with Crippen LogP contribution in [0, 0.1) is 6.92 Å². The van der Waals surface area contributed by atoms with Gasteiger partial charge >= 0.3 is 0 Å².